The third kappa shape index (κ3) is 7.84. The van der Waals surface area contributed by atoms with Crippen LogP contribution < -0.4 is 25.6 Å². The summed E-state index contributed by atoms with van der Waals surface area (Å²) in [7, 11) is 1.51. The van der Waals surface area contributed by atoms with Crippen LogP contribution in [0, 0.1) is 0 Å². The molecule has 10 nitrogen and oxygen atoms in total. The number of hydrogen-bond acceptors (Lipinski definition) is 6. The molecule has 3 aromatic carbocycles. The molecule has 3 aromatic rings. The number of nitrogens with one attached hydrogen (secondary N) is 3. The van der Waals surface area contributed by atoms with Crippen LogP contribution in [0.1, 0.15) is 42.5 Å². The first kappa shape index (κ1) is 29.1. The van der Waals surface area contributed by atoms with Gasteiger partial charge in [-0.2, -0.15) is 0 Å². The molecule has 0 aromatic heterocycles. The molecule has 1 aliphatic heterocycles. The van der Waals surface area contributed by atoms with Crippen LogP contribution in [0.4, 0.5) is 21.9 Å². The molecule has 0 bridgehead atoms. The Morgan fingerprint density at radius 1 is 1.02 bits per heavy atom. The van der Waals surface area contributed by atoms with Crippen LogP contribution in [-0.2, 0) is 27.2 Å². The van der Waals surface area contributed by atoms with E-state index in [0.717, 1.165) is 28.8 Å². The van der Waals surface area contributed by atoms with Gasteiger partial charge in [0.05, 0.1) is 25.4 Å². The Kier molecular flexibility index (Phi) is 9.57. The summed E-state index contributed by atoms with van der Waals surface area (Å²) in [5, 5.41) is 17.9. The monoisotopic (exact) mass is 558 g/mol. The SMILES string of the molecule is COc1cc(CC(=O)CNc2cccc(C(CCC(=O)O)NC(C)=O)c2)ccc1NC(=O)N1CCc2ccccc21. The number of carboxylic acid groups (broad SMARTS) is 1. The van der Waals surface area contributed by atoms with Gasteiger partial charge in [0, 0.05) is 37.7 Å². The van der Waals surface area contributed by atoms with Gasteiger partial charge in [-0.3, -0.25) is 19.3 Å². The quantitative estimate of drug-likeness (QED) is 0.256. The second-order valence-electron chi connectivity index (χ2n) is 9.88. The molecule has 0 aliphatic carbocycles. The molecular weight excluding hydrogens is 524 g/mol. The van der Waals surface area contributed by atoms with Crippen molar-refractivity contribution in [3.63, 3.8) is 0 Å². The summed E-state index contributed by atoms with van der Waals surface area (Å²) in [6.45, 7) is 2.06. The highest BCUT2D eigenvalue weighted by Gasteiger charge is 2.25. The minimum atomic E-state index is -0.940. The topological polar surface area (TPSA) is 137 Å². The first-order chi connectivity index (χ1) is 19.7. The number of ether oxygens (including phenoxy) is 1. The lowest BCUT2D eigenvalue weighted by atomic mass is 10.0. The molecule has 41 heavy (non-hydrogen) atoms. The van der Waals surface area contributed by atoms with Gasteiger partial charge in [-0.25, -0.2) is 4.79 Å². The maximum Gasteiger partial charge on any atom is 0.326 e. The van der Waals surface area contributed by atoms with Crippen LogP contribution in [0.2, 0.25) is 0 Å². The van der Waals surface area contributed by atoms with Gasteiger partial charge in [-0.1, -0.05) is 36.4 Å². The predicted octanol–water partition coefficient (Wildman–Crippen LogP) is 4.56. The third-order valence-corrected chi connectivity index (χ3v) is 6.84. The Morgan fingerprint density at radius 2 is 1.83 bits per heavy atom. The summed E-state index contributed by atoms with van der Waals surface area (Å²) in [4.78, 5) is 50.1. The van der Waals surface area contributed by atoms with E-state index in [1.54, 1.807) is 41.3 Å². The van der Waals surface area contributed by atoms with Gasteiger partial charge < -0.3 is 25.8 Å². The number of carboxylic acids is 1. The molecule has 1 unspecified atom stereocenters. The van der Waals surface area contributed by atoms with E-state index in [2.05, 4.69) is 16.0 Å². The van der Waals surface area contributed by atoms with Crippen LogP contribution >= 0.6 is 0 Å². The fraction of sp³-hybridized carbons (Fsp3) is 0.290. The van der Waals surface area contributed by atoms with Gasteiger partial charge in [0.1, 0.15) is 5.75 Å². The van der Waals surface area contributed by atoms with Crippen LogP contribution in [0.15, 0.2) is 66.7 Å². The molecule has 0 radical (unpaired) electrons. The molecule has 4 rings (SSSR count). The van der Waals surface area contributed by atoms with Gasteiger partial charge in [0.15, 0.2) is 5.78 Å². The molecule has 1 aliphatic rings. The number of rotatable bonds is 12. The number of Topliss-reactive ketones (excluding diaryl/α,β-unsaturated/α-hetero) is 1. The first-order valence-corrected chi connectivity index (χ1v) is 13.4. The molecule has 10 heteroatoms. The van der Waals surface area contributed by atoms with E-state index < -0.39 is 12.0 Å². The van der Waals surface area contributed by atoms with Crippen molar-refractivity contribution in [1.82, 2.24) is 5.32 Å². The average Bonchev–Trinajstić information content (AvgIpc) is 3.39. The highest BCUT2D eigenvalue weighted by Crippen LogP contribution is 2.30. The Morgan fingerprint density at radius 3 is 2.59 bits per heavy atom. The molecular formula is C31H34N4O6. The molecule has 3 amide bonds. The average molecular weight is 559 g/mol. The van der Waals surface area contributed by atoms with Gasteiger partial charge in [-0.05, 0) is 59.9 Å². The van der Waals surface area contributed by atoms with E-state index in [-0.39, 0.29) is 43.5 Å². The molecule has 214 valence electrons. The van der Waals surface area contributed by atoms with E-state index in [0.29, 0.717) is 23.7 Å². The molecule has 0 spiro atoms. The molecule has 4 N–H and O–H groups in total. The summed E-state index contributed by atoms with van der Waals surface area (Å²) in [5.41, 5.74) is 4.72. The van der Waals surface area contributed by atoms with Crippen LogP contribution in [0.25, 0.3) is 0 Å². The summed E-state index contributed by atoms with van der Waals surface area (Å²) in [5.74, 6) is -0.796. The summed E-state index contributed by atoms with van der Waals surface area (Å²) >= 11 is 0. The number of methoxy groups -OCH3 is 1. The van der Waals surface area contributed by atoms with Crippen molar-refractivity contribution in [3.05, 3.63) is 83.4 Å². The van der Waals surface area contributed by atoms with Crippen molar-refractivity contribution in [1.29, 1.82) is 0 Å². The molecule has 0 saturated heterocycles. The minimum absolute atomic E-state index is 0.0628. The number of carbonyl (C=O) groups excluding carboxylic acids is 3. The standard InChI is InChI=1S/C31H34N4O6/c1-20(36)33-26(12-13-30(38)39)23-7-5-8-24(18-23)32-19-25(37)16-21-10-11-27(29(17-21)41-2)34-31(40)35-15-14-22-6-3-4-9-28(22)35/h3-11,17-18,26,32H,12-16,19H2,1-2H3,(H,33,36)(H,34,40)(H,38,39). The molecule has 0 fully saturated rings. The predicted molar refractivity (Wildman–Crippen MR) is 157 cm³/mol. The molecule has 1 heterocycles. The number of nitrogens with zero attached hydrogens (tertiary/aromatic N) is 1. The van der Waals surface area contributed by atoms with E-state index in [1.165, 1.54) is 14.0 Å². The van der Waals surface area contributed by atoms with E-state index in [4.69, 9.17) is 9.84 Å². The number of carbonyl (C=O) groups is 4. The van der Waals surface area contributed by atoms with Crippen molar-refractivity contribution in [2.45, 2.75) is 38.6 Å². The Labute approximate surface area is 238 Å². The number of amides is 3. The highest BCUT2D eigenvalue weighted by atomic mass is 16.5. The number of urea groups is 1. The maximum atomic E-state index is 13.0. The number of hydrogen-bond donors (Lipinski definition) is 4. The summed E-state index contributed by atoms with van der Waals surface area (Å²) in [6.07, 6.45) is 1.13. The lowest BCUT2D eigenvalue weighted by molar-refractivity contribution is -0.137. The van der Waals surface area contributed by atoms with Gasteiger partial charge >= 0.3 is 12.0 Å². The zero-order valence-corrected chi connectivity index (χ0v) is 23.1. The van der Waals surface area contributed by atoms with Crippen molar-refractivity contribution >= 4 is 40.8 Å². The number of para-hydroxylation sites is 1. The number of aliphatic carboxylic acids is 1. The second kappa shape index (κ2) is 13.5. The van der Waals surface area contributed by atoms with Crippen molar-refractivity contribution in [2.75, 3.05) is 35.7 Å². The normalized spacial score (nSPS) is 12.7. The Bertz CT molecular complexity index is 1440. The number of ketones is 1. The van der Waals surface area contributed by atoms with Gasteiger partial charge in [0.25, 0.3) is 0 Å². The summed E-state index contributed by atoms with van der Waals surface area (Å²) < 4.78 is 5.50. The van der Waals surface area contributed by atoms with Crippen LogP contribution in [0.3, 0.4) is 0 Å². The van der Waals surface area contributed by atoms with Gasteiger partial charge in [0.2, 0.25) is 5.91 Å². The second-order valence-corrected chi connectivity index (χ2v) is 9.88. The smallest absolute Gasteiger partial charge is 0.326 e. The molecule has 1 atom stereocenters. The van der Waals surface area contributed by atoms with E-state index in [9.17, 15) is 19.2 Å². The zero-order valence-electron chi connectivity index (χ0n) is 23.1. The first-order valence-electron chi connectivity index (χ1n) is 13.4. The fourth-order valence-electron chi connectivity index (χ4n) is 4.87. The van der Waals surface area contributed by atoms with Crippen LogP contribution in [0.5, 0.6) is 5.75 Å². The largest absolute Gasteiger partial charge is 0.495 e. The van der Waals surface area contributed by atoms with Crippen molar-refractivity contribution in [3.8, 4) is 5.75 Å². The number of benzene rings is 3. The fourth-order valence-corrected chi connectivity index (χ4v) is 4.87. The Hall–Kier alpha value is -4.86. The van der Waals surface area contributed by atoms with Gasteiger partial charge in [-0.15, -0.1) is 0 Å². The third-order valence-electron chi connectivity index (χ3n) is 6.84. The molecule has 0 saturated carbocycles. The van der Waals surface area contributed by atoms with Crippen molar-refractivity contribution < 1.29 is 29.0 Å². The van der Waals surface area contributed by atoms with E-state index >= 15 is 0 Å². The van der Waals surface area contributed by atoms with E-state index in [1.807, 2.05) is 30.3 Å². The van der Waals surface area contributed by atoms with Crippen molar-refractivity contribution in [2.24, 2.45) is 0 Å². The maximum absolute atomic E-state index is 13.0. The number of anilines is 3. The highest BCUT2D eigenvalue weighted by molar-refractivity contribution is 6.04. The zero-order chi connectivity index (χ0) is 29.4. The summed E-state index contributed by atoms with van der Waals surface area (Å²) in [6, 6.07) is 19.6. The number of fused-ring (bicyclic) bond motifs is 1. The lowest BCUT2D eigenvalue weighted by Gasteiger charge is -2.19. The van der Waals surface area contributed by atoms with Crippen LogP contribution in [-0.4, -0.2) is 49.0 Å². The lowest BCUT2D eigenvalue weighted by Crippen LogP contribution is -2.33. The minimum Gasteiger partial charge on any atom is -0.495 e. The Balaban J connectivity index is 1.35.